The van der Waals surface area contributed by atoms with Crippen LogP contribution in [-0.4, -0.2) is 42.7 Å². The molecule has 0 unspecified atom stereocenters. The smallest absolute Gasteiger partial charge is 0.204 e. The normalized spacial score (nSPS) is 10.7. The van der Waals surface area contributed by atoms with Crippen LogP contribution in [0.1, 0.15) is 11.1 Å². The summed E-state index contributed by atoms with van der Waals surface area (Å²) in [5.74, 6) is 3.41. The first kappa shape index (κ1) is 22.5. The van der Waals surface area contributed by atoms with Crippen LogP contribution in [0.5, 0.6) is 34.5 Å². The molecule has 0 aliphatic carbocycles. The summed E-state index contributed by atoms with van der Waals surface area (Å²) in [7, 11) is 9.51. The standard InChI is InChI=1S/C20H22BrIO6/c1-23-13-9-11(15(21)19(27-5)17(13)25-3)7-8-12-10-14(24-2)18(26-4)20(28-6)16(12)22/h7-10H,1-6H3/b8-7-. The fourth-order valence-corrected chi connectivity index (χ4v) is 4.09. The van der Waals surface area contributed by atoms with Gasteiger partial charge in [0.05, 0.1) is 50.7 Å². The van der Waals surface area contributed by atoms with E-state index >= 15 is 0 Å². The summed E-state index contributed by atoms with van der Waals surface area (Å²) in [5, 5.41) is 0. The first-order valence-corrected chi connectivity index (χ1v) is 9.99. The molecular formula is C20H22BrIO6. The van der Waals surface area contributed by atoms with Gasteiger partial charge in [-0.3, -0.25) is 0 Å². The lowest BCUT2D eigenvalue weighted by molar-refractivity contribution is 0.323. The second kappa shape index (κ2) is 10.1. The molecule has 2 aromatic carbocycles. The molecule has 0 aliphatic heterocycles. The topological polar surface area (TPSA) is 55.4 Å². The Kier molecular flexibility index (Phi) is 8.11. The average molecular weight is 565 g/mol. The molecule has 0 amide bonds. The Hall–Kier alpha value is -1.81. The van der Waals surface area contributed by atoms with Crippen molar-refractivity contribution in [2.45, 2.75) is 0 Å². The number of benzene rings is 2. The molecule has 28 heavy (non-hydrogen) atoms. The summed E-state index contributed by atoms with van der Waals surface area (Å²) >= 11 is 5.81. The van der Waals surface area contributed by atoms with Crippen LogP contribution < -0.4 is 28.4 Å². The molecule has 152 valence electrons. The lowest BCUT2D eigenvalue weighted by atomic mass is 10.1. The first-order valence-electron chi connectivity index (χ1n) is 8.12. The Balaban J connectivity index is 2.60. The Labute approximate surface area is 187 Å². The van der Waals surface area contributed by atoms with Crippen LogP contribution in [0.25, 0.3) is 12.2 Å². The molecule has 0 atom stereocenters. The van der Waals surface area contributed by atoms with Crippen molar-refractivity contribution in [2.24, 2.45) is 0 Å². The Morgan fingerprint density at radius 1 is 0.643 bits per heavy atom. The molecule has 0 saturated heterocycles. The van der Waals surface area contributed by atoms with E-state index in [-0.39, 0.29) is 0 Å². The minimum Gasteiger partial charge on any atom is -0.493 e. The van der Waals surface area contributed by atoms with E-state index in [1.165, 1.54) is 0 Å². The molecule has 2 rings (SSSR count). The predicted molar refractivity (Wildman–Crippen MR) is 122 cm³/mol. The monoisotopic (exact) mass is 564 g/mol. The third kappa shape index (κ3) is 4.27. The fourth-order valence-electron chi connectivity index (χ4n) is 2.70. The summed E-state index contributed by atoms with van der Waals surface area (Å²) in [4.78, 5) is 0. The third-order valence-corrected chi connectivity index (χ3v) is 5.97. The number of hydrogen-bond acceptors (Lipinski definition) is 6. The SMILES string of the molecule is COc1cc(/C=C\c2cc(OC)c(OC)c(OC)c2I)c(Br)c(OC)c1OC. The van der Waals surface area contributed by atoms with Crippen LogP contribution in [0.15, 0.2) is 16.6 Å². The number of methoxy groups -OCH3 is 6. The predicted octanol–water partition coefficient (Wildman–Crippen LogP) is 5.28. The number of halogens is 2. The summed E-state index contributed by atoms with van der Waals surface area (Å²) in [6.45, 7) is 0. The first-order chi connectivity index (χ1) is 13.5. The molecule has 0 radical (unpaired) electrons. The van der Waals surface area contributed by atoms with Crippen LogP contribution in [0.2, 0.25) is 0 Å². The highest BCUT2D eigenvalue weighted by atomic mass is 127. The van der Waals surface area contributed by atoms with Gasteiger partial charge in [0.2, 0.25) is 11.5 Å². The van der Waals surface area contributed by atoms with Gasteiger partial charge in [-0.15, -0.1) is 0 Å². The largest absolute Gasteiger partial charge is 0.493 e. The number of rotatable bonds is 8. The fraction of sp³-hybridized carbons (Fsp3) is 0.300. The quantitative estimate of drug-likeness (QED) is 0.321. The zero-order valence-corrected chi connectivity index (χ0v) is 20.3. The van der Waals surface area contributed by atoms with Crippen molar-refractivity contribution >= 4 is 50.7 Å². The van der Waals surface area contributed by atoms with E-state index in [4.69, 9.17) is 28.4 Å². The van der Waals surface area contributed by atoms with Gasteiger partial charge >= 0.3 is 0 Å². The number of ether oxygens (including phenoxy) is 6. The van der Waals surface area contributed by atoms with Crippen LogP contribution in [0, 0.1) is 3.57 Å². The molecule has 0 bridgehead atoms. The van der Waals surface area contributed by atoms with Gasteiger partial charge in [0.25, 0.3) is 0 Å². The van der Waals surface area contributed by atoms with Gasteiger partial charge in [-0.25, -0.2) is 0 Å². The van der Waals surface area contributed by atoms with Crippen molar-refractivity contribution in [3.63, 3.8) is 0 Å². The molecule has 6 nitrogen and oxygen atoms in total. The zero-order valence-electron chi connectivity index (χ0n) is 16.5. The second-order valence-corrected chi connectivity index (χ2v) is 7.30. The Morgan fingerprint density at radius 2 is 1.07 bits per heavy atom. The van der Waals surface area contributed by atoms with Gasteiger partial charge in [0.1, 0.15) is 0 Å². The Bertz CT molecular complexity index is 810. The lowest BCUT2D eigenvalue weighted by Gasteiger charge is -2.16. The maximum Gasteiger partial charge on any atom is 0.204 e. The van der Waals surface area contributed by atoms with Gasteiger partial charge in [0, 0.05) is 0 Å². The van der Waals surface area contributed by atoms with Crippen molar-refractivity contribution in [3.8, 4) is 34.5 Å². The van der Waals surface area contributed by atoms with Crippen molar-refractivity contribution in [1.29, 1.82) is 0 Å². The minimum atomic E-state index is 0.524. The van der Waals surface area contributed by atoms with E-state index in [1.807, 2.05) is 24.3 Å². The molecule has 0 spiro atoms. The highest BCUT2D eigenvalue weighted by Crippen LogP contribution is 2.46. The van der Waals surface area contributed by atoms with E-state index in [1.54, 1.807) is 42.7 Å². The van der Waals surface area contributed by atoms with E-state index in [0.717, 1.165) is 19.2 Å². The van der Waals surface area contributed by atoms with Crippen molar-refractivity contribution in [3.05, 3.63) is 31.3 Å². The van der Waals surface area contributed by atoms with Crippen LogP contribution in [0.4, 0.5) is 0 Å². The maximum atomic E-state index is 5.52. The van der Waals surface area contributed by atoms with Gasteiger partial charge in [-0.2, -0.15) is 0 Å². The second-order valence-electron chi connectivity index (χ2n) is 5.43. The molecule has 0 aliphatic rings. The average Bonchev–Trinajstić information content (AvgIpc) is 2.72. The minimum absolute atomic E-state index is 0.524. The van der Waals surface area contributed by atoms with Gasteiger partial charge in [-0.1, -0.05) is 12.2 Å². The van der Waals surface area contributed by atoms with E-state index in [2.05, 4.69) is 38.5 Å². The van der Waals surface area contributed by atoms with E-state index in [9.17, 15) is 0 Å². The van der Waals surface area contributed by atoms with Crippen LogP contribution in [-0.2, 0) is 0 Å². The van der Waals surface area contributed by atoms with E-state index < -0.39 is 0 Å². The summed E-state index contributed by atoms with van der Waals surface area (Å²) in [5.41, 5.74) is 1.77. The molecule has 2 aromatic rings. The number of hydrogen-bond donors (Lipinski definition) is 0. The molecule has 0 aromatic heterocycles. The molecule has 8 heteroatoms. The van der Waals surface area contributed by atoms with Crippen molar-refractivity contribution < 1.29 is 28.4 Å². The maximum absolute atomic E-state index is 5.52. The van der Waals surface area contributed by atoms with Gasteiger partial charge in [-0.05, 0) is 61.8 Å². The van der Waals surface area contributed by atoms with Crippen molar-refractivity contribution in [1.82, 2.24) is 0 Å². The summed E-state index contributed by atoms with van der Waals surface area (Å²) < 4.78 is 34.4. The summed E-state index contributed by atoms with van der Waals surface area (Å²) in [6.07, 6.45) is 3.90. The van der Waals surface area contributed by atoms with Gasteiger partial charge in [0.15, 0.2) is 23.0 Å². The zero-order chi connectivity index (χ0) is 20.8. The Morgan fingerprint density at radius 3 is 1.54 bits per heavy atom. The van der Waals surface area contributed by atoms with E-state index in [0.29, 0.717) is 34.5 Å². The molecule has 0 heterocycles. The lowest BCUT2D eigenvalue weighted by Crippen LogP contribution is -1.99. The van der Waals surface area contributed by atoms with Crippen LogP contribution >= 0.6 is 38.5 Å². The van der Waals surface area contributed by atoms with Gasteiger partial charge < -0.3 is 28.4 Å². The highest BCUT2D eigenvalue weighted by molar-refractivity contribution is 14.1. The molecule has 0 fully saturated rings. The molecule has 0 N–H and O–H groups in total. The highest BCUT2D eigenvalue weighted by Gasteiger charge is 2.20. The molecular weight excluding hydrogens is 543 g/mol. The third-order valence-electron chi connectivity index (χ3n) is 4.04. The van der Waals surface area contributed by atoms with Crippen molar-refractivity contribution in [2.75, 3.05) is 42.7 Å². The van der Waals surface area contributed by atoms with Crippen LogP contribution in [0.3, 0.4) is 0 Å². The summed E-state index contributed by atoms with van der Waals surface area (Å²) in [6, 6.07) is 3.76. The molecule has 0 saturated carbocycles.